The van der Waals surface area contributed by atoms with Gasteiger partial charge in [-0.2, -0.15) is 11.8 Å². The van der Waals surface area contributed by atoms with Gasteiger partial charge in [-0.1, -0.05) is 13.3 Å². The first kappa shape index (κ1) is 16.8. The molecular formula is C13H22N2O4S. The van der Waals surface area contributed by atoms with Gasteiger partial charge in [0.05, 0.1) is 11.2 Å². The standard InChI is InChI=1S/C13H22N2O4S/c1-2-4-13(12(18)19)5-6-15(9-13)11(17)3-7-20-8-10(14)16/h2-9H2,1H3,(H2,14,16)(H,18,19). The van der Waals surface area contributed by atoms with Gasteiger partial charge in [-0.3, -0.25) is 14.4 Å². The zero-order valence-corrected chi connectivity index (χ0v) is 12.6. The Balaban J connectivity index is 2.43. The third kappa shape index (κ3) is 4.40. The summed E-state index contributed by atoms with van der Waals surface area (Å²) in [5.41, 5.74) is 4.24. The predicted octanol–water partition coefficient (Wildman–Crippen LogP) is 0.698. The second-order valence-electron chi connectivity index (χ2n) is 5.17. The van der Waals surface area contributed by atoms with E-state index in [1.807, 2.05) is 6.92 Å². The summed E-state index contributed by atoms with van der Waals surface area (Å²) in [6.07, 6.45) is 2.24. The first-order valence-electron chi connectivity index (χ1n) is 6.78. The van der Waals surface area contributed by atoms with Crippen LogP contribution in [0.1, 0.15) is 32.6 Å². The molecule has 1 heterocycles. The molecule has 0 aliphatic carbocycles. The van der Waals surface area contributed by atoms with Crippen molar-refractivity contribution < 1.29 is 19.5 Å². The third-order valence-corrected chi connectivity index (χ3v) is 4.57. The van der Waals surface area contributed by atoms with Crippen LogP contribution in [0.15, 0.2) is 0 Å². The monoisotopic (exact) mass is 302 g/mol. The maximum atomic E-state index is 12.0. The maximum absolute atomic E-state index is 12.0. The molecule has 6 nitrogen and oxygen atoms in total. The molecule has 0 spiro atoms. The zero-order valence-electron chi connectivity index (χ0n) is 11.8. The molecule has 0 aromatic heterocycles. The smallest absolute Gasteiger partial charge is 0.311 e. The van der Waals surface area contributed by atoms with E-state index < -0.39 is 17.3 Å². The van der Waals surface area contributed by atoms with Crippen molar-refractivity contribution in [1.29, 1.82) is 0 Å². The molecule has 2 amide bonds. The fourth-order valence-corrected chi connectivity index (χ4v) is 3.20. The van der Waals surface area contributed by atoms with Crippen molar-refractivity contribution in [3.05, 3.63) is 0 Å². The Morgan fingerprint density at radius 1 is 1.40 bits per heavy atom. The zero-order chi connectivity index (χ0) is 15.2. The van der Waals surface area contributed by atoms with Gasteiger partial charge >= 0.3 is 5.97 Å². The molecule has 1 rings (SSSR count). The summed E-state index contributed by atoms with van der Waals surface area (Å²) >= 11 is 1.33. The van der Waals surface area contributed by atoms with E-state index in [0.717, 1.165) is 6.42 Å². The van der Waals surface area contributed by atoms with Crippen LogP contribution in [0.3, 0.4) is 0 Å². The van der Waals surface area contributed by atoms with Gasteiger partial charge in [-0.05, 0) is 12.8 Å². The Labute approximate surface area is 123 Å². The third-order valence-electron chi connectivity index (χ3n) is 3.59. The van der Waals surface area contributed by atoms with Gasteiger partial charge in [-0.25, -0.2) is 0 Å². The number of carboxylic acids is 1. The number of carboxylic acid groups (broad SMARTS) is 1. The van der Waals surface area contributed by atoms with E-state index in [9.17, 15) is 19.5 Å². The van der Waals surface area contributed by atoms with Crippen LogP contribution in [-0.4, -0.2) is 52.4 Å². The highest BCUT2D eigenvalue weighted by Gasteiger charge is 2.45. The summed E-state index contributed by atoms with van der Waals surface area (Å²) in [5.74, 6) is -0.496. The number of carbonyl (C=O) groups excluding carboxylic acids is 2. The van der Waals surface area contributed by atoms with Crippen LogP contribution in [0.5, 0.6) is 0 Å². The van der Waals surface area contributed by atoms with Gasteiger partial charge in [0.1, 0.15) is 0 Å². The number of aliphatic carboxylic acids is 1. The Kier molecular flexibility index (Phi) is 6.32. The quantitative estimate of drug-likeness (QED) is 0.643. The normalized spacial score (nSPS) is 21.9. The minimum Gasteiger partial charge on any atom is -0.481 e. The molecule has 0 radical (unpaired) electrons. The lowest BCUT2D eigenvalue weighted by molar-refractivity contribution is -0.149. The number of primary amides is 1. The topological polar surface area (TPSA) is 101 Å². The lowest BCUT2D eigenvalue weighted by Crippen LogP contribution is -2.37. The molecule has 1 atom stereocenters. The van der Waals surface area contributed by atoms with Crippen LogP contribution in [0.2, 0.25) is 0 Å². The molecule has 20 heavy (non-hydrogen) atoms. The Bertz CT molecular complexity index is 389. The van der Waals surface area contributed by atoms with Gasteiger partial charge in [0.15, 0.2) is 0 Å². The van der Waals surface area contributed by atoms with Crippen molar-refractivity contribution in [3.8, 4) is 0 Å². The SMILES string of the molecule is CCCC1(C(=O)O)CCN(C(=O)CCSCC(N)=O)C1. The number of rotatable bonds is 8. The van der Waals surface area contributed by atoms with Crippen LogP contribution in [0.4, 0.5) is 0 Å². The van der Waals surface area contributed by atoms with Crippen molar-refractivity contribution in [1.82, 2.24) is 4.90 Å². The van der Waals surface area contributed by atoms with Crippen LogP contribution < -0.4 is 5.73 Å². The van der Waals surface area contributed by atoms with E-state index in [0.29, 0.717) is 38.1 Å². The molecule has 1 fully saturated rings. The van der Waals surface area contributed by atoms with E-state index in [-0.39, 0.29) is 11.7 Å². The first-order chi connectivity index (χ1) is 9.41. The second-order valence-corrected chi connectivity index (χ2v) is 6.27. The molecule has 114 valence electrons. The lowest BCUT2D eigenvalue weighted by Gasteiger charge is -2.24. The van der Waals surface area contributed by atoms with Crippen LogP contribution in [0.25, 0.3) is 0 Å². The summed E-state index contributed by atoms with van der Waals surface area (Å²) < 4.78 is 0. The number of nitrogens with two attached hydrogens (primary N) is 1. The summed E-state index contributed by atoms with van der Waals surface area (Å²) in [6.45, 7) is 2.76. The molecule has 1 aliphatic rings. The first-order valence-corrected chi connectivity index (χ1v) is 7.94. The Hall–Kier alpha value is -1.24. The van der Waals surface area contributed by atoms with E-state index in [1.54, 1.807) is 4.90 Å². The summed E-state index contributed by atoms with van der Waals surface area (Å²) in [6, 6.07) is 0. The fraction of sp³-hybridized carbons (Fsp3) is 0.769. The number of amides is 2. The molecule has 0 aromatic carbocycles. The van der Waals surface area contributed by atoms with E-state index in [4.69, 9.17) is 5.73 Å². The minimum absolute atomic E-state index is 0.0406. The van der Waals surface area contributed by atoms with Crippen LogP contribution >= 0.6 is 11.8 Å². The average molecular weight is 302 g/mol. The number of hydrogen-bond acceptors (Lipinski definition) is 4. The van der Waals surface area contributed by atoms with Crippen molar-refractivity contribution in [3.63, 3.8) is 0 Å². The number of likely N-dealkylation sites (tertiary alicyclic amines) is 1. The molecule has 0 saturated carbocycles. The highest BCUT2D eigenvalue weighted by atomic mass is 32.2. The number of hydrogen-bond donors (Lipinski definition) is 2. The number of nitrogens with zero attached hydrogens (tertiary/aromatic N) is 1. The minimum atomic E-state index is -0.808. The molecule has 0 aromatic rings. The Morgan fingerprint density at radius 3 is 2.65 bits per heavy atom. The molecule has 1 saturated heterocycles. The van der Waals surface area contributed by atoms with E-state index in [2.05, 4.69) is 0 Å². The Morgan fingerprint density at radius 2 is 2.10 bits per heavy atom. The molecule has 1 unspecified atom stereocenters. The maximum Gasteiger partial charge on any atom is 0.311 e. The highest BCUT2D eigenvalue weighted by Crippen LogP contribution is 2.35. The molecule has 1 aliphatic heterocycles. The van der Waals surface area contributed by atoms with E-state index >= 15 is 0 Å². The van der Waals surface area contributed by atoms with Crippen molar-refractivity contribution >= 4 is 29.5 Å². The van der Waals surface area contributed by atoms with Crippen molar-refractivity contribution in [2.45, 2.75) is 32.6 Å². The average Bonchev–Trinajstić information content (AvgIpc) is 2.80. The molecule has 3 N–H and O–H groups in total. The largest absolute Gasteiger partial charge is 0.481 e. The summed E-state index contributed by atoms with van der Waals surface area (Å²) in [7, 11) is 0. The van der Waals surface area contributed by atoms with E-state index in [1.165, 1.54) is 11.8 Å². The summed E-state index contributed by atoms with van der Waals surface area (Å²) in [5, 5.41) is 9.38. The fourth-order valence-electron chi connectivity index (χ4n) is 2.54. The van der Waals surface area contributed by atoms with Gasteiger partial charge in [0, 0.05) is 25.3 Å². The van der Waals surface area contributed by atoms with Gasteiger partial charge in [-0.15, -0.1) is 0 Å². The number of carbonyl (C=O) groups is 3. The molecule has 0 bridgehead atoms. The van der Waals surface area contributed by atoms with Crippen molar-refractivity contribution in [2.75, 3.05) is 24.6 Å². The van der Waals surface area contributed by atoms with Crippen LogP contribution in [0, 0.1) is 5.41 Å². The molecule has 7 heteroatoms. The number of thioether (sulfide) groups is 1. The van der Waals surface area contributed by atoms with Gasteiger partial charge < -0.3 is 15.7 Å². The van der Waals surface area contributed by atoms with Gasteiger partial charge in [0.25, 0.3) is 0 Å². The highest BCUT2D eigenvalue weighted by molar-refractivity contribution is 7.99. The summed E-state index contributed by atoms with van der Waals surface area (Å²) in [4.78, 5) is 35.6. The predicted molar refractivity (Wildman–Crippen MR) is 77.3 cm³/mol. The van der Waals surface area contributed by atoms with Crippen LogP contribution in [-0.2, 0) is 14.4 Å². The molecular weight excluding hydrogens is 280 g/mol. The van der Waals surface area contributed by atoms with Crippen molar-refractivity contribution in [2.24, 2.45) is 11.1 Å². The lowest BCUT2D eigenvalue weighted by atomic mass is 9.83. The second kappa shape index (κ2) is 7.52. The van der Waals surface area contributed by atoms with Gasteiger partial charge in [0.2, 0.25) is 11.8 Å².